The maximum atomic E-state index is 10.5. The number of aliphatic hydroxyl groups is 1. The largest absolute Gasteiger partial charge is 0.462 e. The SMILES string of the molecule is CC(=O)OCC=C(C)CC/C=C(\C)CO. The summed E-state index contributed by atoms with van der Waals surface area (Å²) in [6.45, 7) is 5.78. The van der Waals surface area contributed by atoms with Gasteiger partial charge in [-0.3, -0.25) is 4.79 Å². The molecule has 0 aromatic rings. The van der Waals surface area contributed by atoms with Crippen molar-refractivity contribution in [1.82, 2.24) is 0 Å². The first-order valence-electron chi connectivity index (χ1n) is 5.11. The van der Waals surface area contributed by atoms with Gasteiger partial charge in [0.25, 0.3) is 0 Å². The molecule has 3 heteroatoms. The zero-order valence-corrected chi connectivity index (χ0v) is 9.75. The number of hydrogen-bond donors (Lipinski definition) is 1. The van der Waals surface area contributed by atoms with E-state index in [4.69, 9.17) is 9.84 Å². The van der Waals surface area contributed by atoms with E-state index in [-0.39, 0.29) is 12.6 Å². The van der Waals surface area contributed by atoms with Crippen LogP contribution in [0.15, 0.2) is 23.3 Å². The second-order valence-corrected chi connectivity index (χ2v) is 3.60. The predicted octanol–water partition coefficient (Wildman–Crippen LogP) is 2.21. The van der Waals surface area contributed by atoms with Gasteiger partial charge in [-0.2, -0.15) is 0 Å². The Hall–Kier alpha value is -1.09. The van der Waals surface area contributed by atoms with Crippen molar-refractivity contribution in [3.05, 3.63) is 23.3 Å². The first-order chi connectivity index (χ1) is 7.06. The molecule has 0 aliphatic carbocycles. The van der Waals surface area contributed by atoms with E-state index in [1.807, 2.05) is 26.0 Å². The summed E-state index contributed by atoms with van der Waals surface area (Å²) < 4.78 is 4.79. The average Bonchev–Trinajstić information content (AvgIpc) is 2.17. The van der Waals surface area contributed by atoms with Crippen LogP contribution in [-0.2, 0) is 9.53 Å². The van der Waals surface area contributed by atoms with Crippen molar-refractivity contribution in [1.29, 1.82) is 0 Å². The minimum Gasteiger partial charge on any atom is -0.462 e. The van der Waals surface area contributed by atoms with E-state index < -0.39 is 0 Å². The van der Waals surface area contributed by atoms with Crippen molar-refractivity contribution in [3.8, 4) is 0 Å². The summed E-state index contributed by atoms with van der Waals surface area (Å²) in [6.07, 6.45) is 5.76. The molecule has 86 valence electrons. The summed E-state index contributed by atoms with van der Waals surface area (Å²) in [7, 11) is 0. The monoisotopic (exact) mass is 212 g/mol. The second-order valence-electron chi connectivity index (χ2n) is 3.60. The Kier molecular flexibility index (Phi) is 7.64. The zero-order chi connectivity index (χ0) is 11.7. The van der Waals surface area contributed by atoms with Gasteiger partial charge in [-0.15, -0.1) is 0 Å². The van der Waals surface area contributed by atoms with E-state index in [1.165, 1.54) is 12.5 Å². The van der Waals surface area contributed by atoms with Crippen LogP contribution in [0.3, 0.4) is 0 Å². The van der Waals surface area contributed by atoms with Gasteiger partial charge in [-0.05, 0) is 32.8 Å². The van der Waals surface area contributed by atoms with Gasteiger partial charge in [0.05, 0.1) is 6.61 Å². The van der Waals surface area contributed by atoms with Gasteiger partial charge in [0.1, 0.15) is 6.61 Å². The van der Waals surface area contributed by atoms with Crippen LogP contribution in [0, 0.1) is 0 Å². The maximum absolute atomic E-state index is 10.5. The van der Waals surface area contributed by atoms with Crippen molar-refractivity contribution in [2.75, 3.05) is 13.2 Å². The van der Waals surface area contributed by atoms with Gasteiger partial charge < -0.3 is 9.84 Å². The predicted molar refractivity (Wildman–Crippen MR) is 60.5 cm³/mol. The number of allylic oxidation sites excluding steroid dienone is 2. The highest BCUT2D eigenvalue weighted by Gasteiger charge is 1.92. The molecule has 0 saturated carbocycles. The van der Waals surface area contributed by atoms with Crippen LogP contribution >= 0.6 is 0 Å². The lowest BCUT2D eigenvalue weighted by molar-refractivity contribution is -0.139. The average molecular weight is 212 g/mol. The molecule has 0 aliphatic rings. The molecule has 1 N–H and O–H groups in total. The summed E-state index contributed by atoms with van der Waals surface area (Å²) in [5.74, 6) is -0.255. The minimum absolute atomic E-state index is 0.121. The Morgan fingerprint density at radius 2 is 1.87 bits per heavy atom. The molecule has 0 rings (SSSR count). The molecule has 0 amide bonds. The summed E-state index contributed by atoms with van der Waals surface area (Å²) >= 11 is 0. The number of carbonyl (C=O) groups is 1. The highest BCUT2D eigenvalue weighted by atomic mass is 16.5. The third kappa shape index (κ3) is 9.22. The lowest BCUT2D eigenvalue weighted by atomic mass is 10.1. The molecule has 0 aliphatic heterocycles. The zero-order valence-electron chi connectivity index (χ0n) is 9.75. The fourth-order valence-electron chi connectivity index (χ4n) is 1.01. The van der Waals surface area contributed by atoms with E-state index in [2.05, 4.69) is 0 Å². The molecular weight excluding hydrogens is 192 g/mol. The maximum Gasteiger partial charge on any atom is 0.302 e. The van der Waals surface area contributed by atoms with Crippen LogP contribution in [0.4, 0.5) is 0 Å². The fourth-order valence-corrected chi connectivity index (χ4v) is 1.01. The molecule has 0 saturated heterocycles. The van der Waals surface area contributed by atoms with Gasteiger partial charge in [0, 0.05) is 6.92 Å². The lowest BCUT2D eigenvalue weighted by Gasteiger charge is -2.00. The molecule has 15 heavy (non-hydrogen) atoms. The quantitative estimate of drug-likeness (QED) is 0.542. The van der Waals surface area contributed by atoms with Gasteiger partial charge in [-0.1, -0.05) is 17.2 Å². The molecule has 0 aromatic heterocycles. The Morgan fingerprint density at radius 1 is 1.20 bits per heavy atom. The Morgan fingerprint density at radius 3 is 2.40 bits per heavy atom. The Bertz CT molecular complexity index is 252. The molecule has 0 atom stereocenters. The van der Waals surface area contributed by atoms with Crippen LogP contribution in [0.2, 0.25) is 0 Å². The highest BCUT2D eigenvalue weighted by Crippen LogP contribution is 2.06. The van der Waals surface area contributed by atoms with Gasteiger partial charge in [-0.25, -0.2) is 0 Å². The van der Waals surface area contributed by atoms with E-state index in [9.17, 15) is 4.79 Å². The molecule has 0 unspecified atom stereocenters. The van der Waals surface area contributed by atoms with Gasteiger partial charge >= 0.3 is 5.97 Å². The van der Waals surface area contributed by atoms with Crippen LogP contribution in [0.1, 0.15) is 33.6 Å². The van der Waals surface area contributed by atoms with E-state index in [1.54, 1.807) is 0 Å². The molecular formula is C12H20O3. The van der Waals surface area contributed by atoms with E-state index in [0.717, 1.165) is 18.4 Å². The first-order valence-corrected chi connectivity index (χ1v) is 5.11. The second kappa shape index (κ2) is 8.24. The summed E-state index contributed by atoms with van der Waals surface area (Å²) in [5, 5.41) is 8.76. The van der Waals surface area contributed by atoms with Crippen molar-refractivity contribution >= 4 is 5.97 Å². The van der Waals surface area contributed by atoms with Gasteiger partial charge in [0.15, 0.2) is 0 Å². The molecule has 0 heterocycles. The highest BCUT2D eigenvalue weighted by molar-refractivity contribution is 5.66. The lowest BCUT2D eigenvalue weighted by Crippen LogP contribution is -1.98. The molecule has 0 fully saturated rings. The fraction of sp³-hybridized carbons (Fsp3) is 0.583. The molecule has 0 aromatic carbocycles. The topological polar surface area (TPSA) is 46.5 Å². The summed E-state index contributed by atoms with van der Waals surface area (Å²) in [5.41, 5.74) is 2.18. The molecule has 0 spiro atoms. The summed E-state index contributed by atoms with van der Waals surface area (Å²) in [6, 6.07) is 0. The number of hydrogen-bond acceptors (Lipinski definition) is 3. The minimum atomic E-state index is -0.255. The van der Waals surface area contributed by atoms with Crippen molar-refractivity contribution < 1.29 is 14.6 Å². The third-order valence-corrected chi connectivity index (χ3v) is 2.00. The van der Waals surface area contributed by atoms with E-state index >= 15 is 0 Å². The number of carbonyl (C=O) groups excluding carboxylic acids is 1. The number of ether oxygens (including phenoxy) is 1. The molecule has 0 bridgehead atoms. The van der Waals surface area contributed by atoms with Crippen LogP contribution in [0.5, 0.6) is 0 Å². The third-order valence-electron chi connectivity index (χ3n) is 2.00. The van der Waals surface area contributed by atoms with Crippen LogP contribution in [-0.4, -0.2) is 24.3 Å². The number of aliphatic hydroxyl groups excluding tert-OH is 1. The van der Waals surface area contributed by atoms with Crippen molar-refractivity contribution in [3.63, 3.8) is 0 Å². The number of rotatable bonds is 6. The number of esters is 1. The normalized spacial score (nSPS) is 12.8. The Labute approximate surface area is 91.4 Å². The van der Waals surface area contributed by atoms with Crippen molar-refractivity contribution in [2.24, 2.45) is 0 Å². The molecule has 0 radical (unpaired) electrons. The first kappa shape index (κ1) is 13.9. The standard InChI is InChI=1S/C12H20O3/c1-10(7-8-15-12(3)14)5-4-6-11(2)9-13/h6-7,13H,4-5,8-9H2,1-3H3/b10-7?,11-6+. The smallest absolute Gasteiger partial charge is 0.302 e. The van der Waals surface area contributed by atoms with Crippen LogP contribution < -0.4 is 0 Å². The van der Waals surface area contributed by atoms with E-state index in [0.29, 0.717) is 6.61 Å². The summed E-state index contributed by atoms with van der Waals surface area (Å²) in [4.78, 5) is 10.5. The van der Waals surface area contributed by atoms with Crippen LogP contribution in [0.25, 0.3) is 0 Å². The van der Waals surface area contributed by atoms with Crippen molar-refractivity contribution in [2.45, 2.75) is 33.6 Å². The molecule has 3 nitrogen and oxygen atoms in total. The van der Waals surface area contributed by atoms with Gasteiger partial charge in [0.2, 0.25) is 0 Å². The Balaban J connectivity index is 3.73.